The summed E-state index contributed by atoms with van der Waals surface area (Å²) in [7, 11) is -3.74. The molecule has 1 aromatic rings. The maximum absolute atomic E-state index is 11.6. The minimum atomic E-state index is -3.74. The minimum Gasteiger partial charge on any atom is -0.366 e. The lowest BCUT2D eigenvalue weighted by molar-refractivity contribution is 0.583. The zero-order valence-electron chi connectivity index (χ0n) is 8.28. The molecule has 0 aliphatic heterocycles. The Kier molecular flexibility index (Phi) is 3.43. The first-order valence-corrected chi connectivity index (χ1v) is 5.73. The van der Waals surface area contributed by atoms with Gasteiger partial charge < -0.3 is 4.98 Å². The quantitative estimate of drug-likeness (QED) is 0.724. The van der Waals surface area contributed by atoms with Crippen molar-refractivity contribution < 1.29 is 8.42 Å². The third-order valence-corrected chi connectivity index (χ3v) is 3.06. The molecule has 0 fully saturated rings. The van der Waals surface area contributed by atoms with Crippen molar-refractivity contribution in [2.75, 3.05) is 6.54 Å². The number of H-pyrrole nitrogens is 1. The molecule has 0 unspecified atom stereocenters. The fourth-order valence-electron chi connectivity index (χ4n) is 0.907. The van der Waals surface area contributed by atoms with Gasteiger partial charge in [0.05, 0.1) is 0 Å². The van der Waals surface area contributed by atoms with Crippen LogP contribution in [0.5, 0.6) is 0 Å². The lowest BCUT2D eigenvalue weighted by Gasteiger charge is -2.04. The van der Waals surface area contributed by atoms with Crippen molar-refractivity contribution in [1.29, 1.82) is 0 Å². The van der Waals surface area contributed by atoms with Gasteiger partial charge in [0.25, 0.3) is 0 Å². The Bertz CT molecular complexity index is 516. The molecule has 1 aromatic heterocycles. The molecule has 6 heteroatoms. The second-order valence-electron chi connectivity index (χ2n) is 3.15. The monoisotopic (exact) mass is 228 g/mol. The van der Waals surface area contributed by atoms with Crippen molar-refractivity contribution in [2.45, 2.75) is 11.8 Å². The van der Waals surface area contributed by atoms with Crippen LogP contribution in [0.15, 0.2) is 40.3 Å². The van der Waals surface area contributed by atoms with Crippen LogP contribution in [-0.4, -0.2) is 19.9 Å². The SMILES string of the molecule is C=C(C)CNS(=O)(=O)c1c[nH]ccc1=O. The van der Waals surface area contributed by atoms with Gasteiger partial charge in [-0.25, -0.2) is 13.1 Å². The Morgan fingerprint density at radius 3 is 2.80 bits per heavy atom. The van der Waals surface area contributed by atoms with Crippen LogP contribution in [0.4, 0.5) is 0 Å². The van der Waals surface area contributed by atoms with E-state index in [-0.39, 0.29) is 11.4 Å². The van der Waals surface area contributed by atoms with Crippen molar-refractivity contribution >= 4 is 10.0 Å². The van der Waals surface area contributed by atoms with Gasteiger partial charge in [-0.1, -0.05) is 12.2 Å². The maximum atomic E-state index is 11.6. The van der Waals surface area contributed by atoms with E-state index >= 15 is 0 Å². The number of aromatic nitrogens is 1. The van der Waals surface area contributed by atoms with Crippen LogP contribution in [0.3, 0.4) is 0 Å². The van der Waals surface area contributed by atoms with E-state index in [1.54, 1.807) is 6.92 Å². The molecule has 0 amide bonds. The van der Waals surface area contributed by atoms with E-state index in [1.165, 1.54) is 6.20 Å². The van der Waals surface area contributed by atoms with E-state index in [0.29, 0.717) is 5.57 Å². The number of hydrogen-bond acceptors (Lipinski definition) is 3. The Morgan fingerprint density at radius 2 is 2.27 bits per heavy atom. The zero-order chi connectivity index (χ0) is 11.5. The number of pyridine rings is 1. The summed E-state index contributed by atoms with van der Waals surface area (Å²) in [4.78, 5) is 13.5. The fraction of sp³-hybridized carbons (Fsp3) is 0.222. The van der Waals surface area contributed by atoms with E-state index in [9.17, 15) is 13.2 Å². The van der Waals surface area contributed by atoms with Crippen LogP contribution in [-0.2, 0) is 10.0 Å². The Morgan fingerprint density at radius 1 is 1.60 bits per heavy atom. The van der Waals surface area contributed by atoms with Crippen molar-refractivity contribution in [1.82, 2.24) is 9.71 Å². The molecule has 0 aromatic carbocycles. The molecule has 82 valence electrons. The van der Waals surface area contributed by atoms with Gasteiger partial charge in [0, 0.05) is 25.0 Å². The Hall–Kier alpha value is -1.40. The first-order valence-electron chi connectivity index (χ1n) is 4.24. The highest BCUT2D eigenvalue weighted by Crippen LogP contribution is 1.99. The average molecular weight is 228 g/mol. The molecule has 5 nitrogen and oxygen atoms in total. The molecule has 0 spiro atoms. The molecule has 1 rings (SSSR count). The van der Waals surface area contributed by atoms with E-state index in [0.717, 1.165) is 12.3 Å². The molecule has 0 atom stereocenters. The number of sulfonamides is 1. The molecular weight excluding hydrogens is 216 g/mol. The largest absolute Gasteiger partial charge is 0.366 e. The number of hydrogen-bond donors (Lipinski definition) is 2. The molecule has 2 N–H and O–H groups in total. The van der Waals surface area contributed by atoms with Crippen LogP contribution in [0.25, 0.3) is 0 Å². The van der Waals surface area contributed by atoms with Crippen molar-refractivity contribution in [2.24, 2.45) is 0 Å². The van der Waals surface area contributed by atoms with E-state index in [1.807, 2.05) is 0 Å². The zero-order valence-corrected chi connectivity index (χ0v) is 9.10. The van der Waals surface area contributed by atoms with Gasteiger partial charge in [0.1, 0.15) is 4.90 Å². The molecule has 15 heavy (non-hydrogen) atoms. The van der Waals surface area contributed by atoms with Gasteiger partial charge in [-0.2, -0.15) is 0 Å². The molecule has 0 saturated heterocycles. The van der Waals surface area contributed by atoms with Gasteiger partial charge >= 0.3 is 0 Å². The molecule has 0 aliphatic carbocycles. The van der Waals surface area contributed by atoms with Crippen molar-refractivity contribution in [3.8, 4) is 0 Å². The fourth-order valence-corrected chi connectivity index (χ4v) is 2.05. The van der Waals surface area contributed by atoms with Gasteiger partial charge in [-0.15, -0.1) is 0 Å². The summed E-state index contributed by atoms with van der Waals surface area (Å²) in [6.45, 7) is 5.38. The predicted octanol–water partition coefficient (Wildman–Crippen LogP) is 0.229. The summed E-state index contributed by atoms with van der Waals surface area (Å²) in [6, 6.07) is 1.16. The highest BCUT2D eigenvalue weighted by atomic mass is 32.2. The van der Waals surface area contributed by atoms with Crippen molar-refractivity contribution in [3.05, 3.63) is 40.8 Å². The summed E-state index contributed by atoms with van der Waals surface area (Å²) in [5.41, 5.74) is 0.133. The van der Waals surface area contributed by atoms with E-state index in [4.69, 9.17) is 0 Å². The van der Waals surface area contributed by atoms with Crippen molar-refractivity contribution in [3.63, 3.8) is 0 Å². The molecular formula is C9H12N2O3S. The number of nitrogens with one attached hydrogen (secondary N) is 2. The number of aromatic amines is 1. The molecule has 0 aliphatic rings. The standard InChI is InChI=1S/C9H12N2O3S/c1-7(2)5-11-15(13,14)9-6-10-4-3-8(9)12/h3-4,6,11H,1,5H2,2H3,(H,10,12). The van der Waals surface area contributed by atoms with Gasteiger partial charge in [0.15, 0.2) is 0 Å². The van der Waals surface area contributed by atoms with Crippen LogP contribution in [0.1, 0.15) is 6.92 Å². The summed E-state index contributed by atoms with van der Waals surface area (Å²) >= 11 is 0. The lowest BCUT2D eigenvalue weighted by atomic mass is 10.4. The van der Waals surface area contributed by atoms with Crippen LogP contribution >= 0.6 is 0 Å². The van der Waals surface area contributed by atoms with Crippen LogP contribution < -0.4 is 10.2 Å². The number of rotatable bonds is 4. The maximum Gasteiger partial charge on any atom is 0.246 e. The Labute approximate surface area is 87.9 Å². The van der Waals surface area contributed by atoms with Gasteiger partial charge in [-0.3, -0.25) is 4.79 Å². The van der Waals surface area contributed by atoms with E-state index in [2.05, 4.69) is 16.3 Å². The second kappa shape index (κ2) is 4.41. The lowest BCUT2D eigenvalue weighted by Crippen LogP contribution is -2.29. The highest BCUT2D eigenvalue weighted by molar-refractivity contribution is 7.89. The smallest absolute Gasteiger partial charge is 0.246 e. The topological polar surface area (TPSA) is 79.0 Å². The van der Waals surface area contributed by atoms with Crippen LogP contribution in [0, 0.1) is 0 Å². The van der Waals surface area contributed by atoms with Gasteiger partial charge in [-0.05, 0) is 6.92 Å². The molecule has 0 radical (unpaired) electrons. The summed E-state index contributed by atoms with van der Waals surface area (Å²) < 4.78 is 25.4. The first-order chi connectivity index (χ1) is 6.93. The third kappa shape index (κ3) is 3.03. The molecule has 1 heterocycles. The molecule has 0 bridgehead atoms. The Balaban J connectivity index is 3.02. The normalized spacial score (nSPS) is 11.3. The van der Waals surface area contributed by atoms with E-state index < -0.39 is 15.5 Å². The first kappa shape index (κ1) is 11.7. The average Bonchev–Trinajstić information content (AvgIpc) is 2.15. The second-order valence-corrected chi connectivity index (χ2v) is 4.89. The summed E-state index contributed by atoms with van der Waals surface area (Å²) in [5.74, 6) is 0. The third-order valence-electron chi connectivity index (χ3n) is 1.64. The van der Waals surface area contributed by atoms with Crippen LogP contribution in [0.2, 0.25) is 0 Å². The minimum absolute atomic E-state index is 0.122. The summed E-state index contributed by atoms with van der Waals surface area (Å²) in [5, 5.41) is 0. The van der Waals surface area contributed by atoms with Gasteiger partial charge in [0.2, 0.25) is 15.5 Å². The predicted molar refractivity (Wildman–Crippen MR) is 57.1 cm³/mol. The molecule has 0 saturated carbocycles. The summed E-state index contributed by atoms with van der Waals surface area (Å²) in [6.07, 6.45) is 2.53. The highest BCUT2D eigenvalue weighted by Gasteiger charge is 2.16.